The van der Waals surface area contributed by atoms with Gasteiger partial charge >= 0.3 is 0 Å². The molecule has 9 heteroatoms. The molecule has 25 heavy (non-hydrogen) atoms. The number of halogens is 2. The highest BCUT2D eigenvalue weighted by Gasteiger charge is 2.27. The molecule has 0 saturated carbocycles. The minimum atomic E-state index is -3.17. The number of piperidine rings is 1. The summed E-state index contributed by atoms with van der Waals surface area (Å²) in [7, 11) is -3.17. The summed E-state index contributed by atoms with van der Waals surface area (Å²) in [4.78, 5) is 12.0. The van der Waals surface area contributed by atoms with E-state index in [9.17, 15) is 13.2 Å². The molecule has 0 bridgehead atoms. The molecule has 0 atom stereocenters. The fourth-order valence-corrected chi connectivity index (χ4v) is 4.54. The van der Waals surface area contributed by atoms with Gasteiger partial charge in [-0.05, 0) is 31.4 Å². The Bertz CT molecular complexity index is 704. The first-order chi connectivity index (χ1) is 11.8. The Kier molecular flexibility index (Phi) is 7.37. The molecule has 1 saturated heterocycles. The van der Waals surface area contributed by atoms with Crippen molar-refractivity contribution in [3.05, 3.63) is 28.2 Å². The lowest BCUT2D eigenvalue weighted by molar-refractivity contribution is -0.124. The molecule has 1 aliphatic heterocycles. The Labute approximate surface area is 158 Å². The normalized spacial score (nSPS) is 16.6. The van der Waals surface area contributed by atoms with Crippen LogP contribution in [0.4, 0.5) is 0 Å². The van der Waals surface area contributed by atoms with Crippen LogP contribution in [0.1, 0.15) is 26.2 Å². The topological polar surface area (TPSA) is 75.7 Å². The largest absolute Gasteiger partial charge is 0.482 e. The van der Waals surface area contributed by atoms with E-state index in [0.717, 1.165) is 0 Å². The number of rotatable bonds is 7. The van der Waals surface area contributed by atoms with Gasteiger partial charge in [0.25, 0.3) is 5.91 Å². The molecule has 0 aliphatic carbocycles. The van der Waals surface area contributed by atoms with Crippen LogP contribution in [0, 0.1) is 0 Å². The minimum Gasteiger partial charge on any atom is -0.482 e. The van der Waals surface area contributed by atoms with Crippen molar-refractivity contribution in [2.75, 3.05) is 25.4 Å². The van der Waals surface area contributed by atoms with E-state index in [-0.39, 0.29) is 24.3 Å². The van der Waals surface area contributed by atoms with Gasteiger partial charge in [-0.25, -0.2) is 12.7 Å². The third kappa shape index (κ3) is 6.02. The van der Waals surface area contributed by atoms with Gasteiger partial charge in [0, 0.05) is 30.2 Å². The lowest BCUT2D eigenvalue weighted by Crippen LogP contribution is -2.47. The maximum absolute atomic E-state index is 12.0. The average molecular weight is 409 g/mol. The molecule has 6 nitrogen and oxygen atoms in total. The Morgan fingerprint density at radius 1 is 1.32 bits per heavy atom. The molecular weight excluding hydrogens is 387 g/mol. The van der Waals surface area contributed by atoms with E-state index in [1.807, 2.05) is 6.92 Å². The van der Waals surface area contributed by atoms with E-state index in [0.29, 0.717) is 48.1 Å². The van der Waals surface area contributed by atoms with Crippen LogP contribution >= 0.6 is 23.2 Å². The molecular formula is C16H22Cl2N2O4S. The zero-order valence-corrected chi connectivity index (χ0v) is 16.3. The van der Waals surface area contributed by atoms with E-state index < -0.39 is 10.0 Å². The minimum absolute atomic E-state index is 0.0565. The number of nitrogens with zero attached hydrogens (tertiary/aromatic N) is 1. The number of sulfonamides is 1. The van der Waals surface area contributed by atoms with Crippen LogP contribution in [0.2, 0.25) is 10.0 Å². The summed E-state index contributed by atoms with van der Waals surface area (Å²) in [6, 6.07) is 4.73. The molecule has 1 aromatic carbocycles. The Hall–Kier alpha value is -1.02. The number of ether oxygens (including phenoxy) is 1. The number of carbonyl (C=O) groups is 1. The molecule has 1 aliphatic rings. The van der Waals surface area contributed by atoms with Gasteiger partial charge in [0.15, 0.2) is 6.61 Å². The molecule has 1 heterocycles. The second-order valence-electron chi connectivity index (χ2n) is 5.92. The van der Waals surface area contributed by atoms with Gasteiger partial charge in [-0.1, -0.05) is 30.1 Å². The summed E-state index contributed by atoms with van der Waals surface area (Å²) < 4.78 is 31.0. The summed E-state index contributed by atoms with van der Waals surface area (Å²) in [5.41, 5.74) is 0. The summed E-state index contributed by atoms with van der Waals surface area (Å²) in [6.45, 7) is 2.52. The molecule has 0 spiro atoms. The van der Waals surface area contributed by atoms with Gasteiger partial charge in [0.1, 0.15) is 5.75 Å². The highest BCUT2D eigenvalue weighted by atomic mass is 35.5. The molecule has 1 amide bonds. The van der Waals surface area contributed by atoms with Crippen LogP contribution in [0.15, 0.2) is 18.2 Å². The number of amides is 1. The first kappa shape index (κ1) is 20.3. The number of benzene rings is 1. The van der Waals surface area contributed by atoms with E-state index in [1.54, 1.807) is 18.2 Å². The van der Waals surface area contributed by atoms with Gasteiger partial charge < -0.3 is 10.1 Å². The predicted molar refractivity (Wildman–Crippen MR) is 98.8 cm³/mol. The van der Waals surface area contributed by atoms with Gasteiger partial charge in [0.05, 0.1) is 10.8 Å². The molecule has 0 radical (unpaired) electrons. The van der Waals surface area contributed by atoms with Crippen molar-refractivity contribution in [2.45, 2.75) is 32.2 Å². The lowest BCUT2D eigenvalue weighted by Gasteiger charge is -2.31. The first-order valence-electron chi connectivity index (χ1n) is 8.17. The third-order valence-corrected chi connectivity index (χ3v) is 6.55. The van der Waals surface area contributed by atoms with Gasteiger partial charge in [-0.3, -0.25) is 4.79 Å². The molecule has 140 valence electrons. The van der Waals surface area contributed by atoms with E-state index in [2.05, 4.69) is 5.32 Å². The van der Waals surface area contributed by atoms with Gasteiger partial charge in [-0.15, -0.1) is 0 Å². The average Bonchev–Trinajstić information content (AvgIpc) is 2.56. The maximum atomic E-state index is 12.0. The highest BCUT2D eigenvalue weighted by Crippen LogP contribution is 2.27. The third-order valence-electron chi connectivity index (χ3n) is 3.93. The fraction of sp³-hybridized carbons (Fsp3) is 0.562. The molecule has 1 N–H and O–H groups in total. The molecule has 2 rings (SSSR count). The van der Waals surface area contributed by atoms with Crippen LogP contribution in [-0.2, 0) is 14.8 Å². The van der Waals surface area contributed by atoms with E-state index in [1.165, 1.54) is 4.31 Å². The van der Waals surface area contributed by atoms with Gasteiger partial charge in [-0.2, -0.15) is 0 Å². The van der Waals surface area contributed by atoms with Crippen molar-refractivity contribution in [2.24, 2.45) is 0 Å². The zero-order chi connectivity index (χ0) is 18.4. The number of hydrogen-bond donors (Lipinski definition) is 1. The van der Waals surface area contributed by atoms with Crippen molar-refractivity contribution >= 4 is 39.1 Å². The maximum Gasteiger partial charge on any atom is 0.258 e. The van der Waals surface area contributed by atoms with E-state index in [4.69, 9.17) is 27.9 Å². The molecule has 0 unspecified atom stereocenters. The second kappa shape index (κ2) is 9.07. The standard InChI is InChI=1S/C16H22Cl2N2O4S/c1-2-9-25(22,23)20-7-5-13(6-8-20)19-16(21)11-24-15-10-12(17)3-4-14(15)18/h3-4,10,13H,2,5-9,11H2,1H3,(H,19,21). The van der Waals surface area contributed by atoms with Crippen molar-refractivity contribution in [3.63, 3.8) is 0 Å². The quantitative estimate of drug-likeness (QED) is 0.752. The highest BCUT2D eigenvalue weighted by molar-refractivity contribution is 7.89. The zero-order valence-electron chi connectivity index (χ0n) is 14.0. The van der Waals surface area contributed by atoms with Crippen LogP contribution in [0.3, 0.4) is 0 Å². The smallest absolute Gasteiger partial charge is 0.258 e. The number of hydrogen-bond acceptors (Lipinski definition) is 4. The second-order valence-corrected chi connectivity index (χ2v) is 8.85. The fourth-order valence-electron chi connectivity index (χ4n) is 2.67. The summed E-state index contributed by atoms with van der Waals surface area (Å²) in [6.07, 6.45) is 1.78. The van der Waals surface area contributed by atoms with Crippen LogP contribution in [0.5, 0.6) is 5.75 Å². The van der Waals surface area contributed by atoms with Crippen molar-refractivity contribution < 1.29 is 17.9 Å². The number of carbonyl (C=O) groups excluding carboxylic acids is 1. The lowest BCUT2D eigenvalue weighted by atomic mass is 10.1. The SMILES string of the molecule is CCCS(=O)(=O)N1CCC(NC(=O)COc2cc(Cl)ccc2Cl)CC1. The van der Waals surface area contributed by atoms with E-state index >= 15 is 0 Å². The summed E-state index contributed by atoms with van der Waals surface area (Å²) in [5, 5.41) is 3.72. The van der Waals surface area contributed by atoms with Crippen molar-refractivity contribution in [1.29, 1.82) is 0 Å². The Morgan fingerprint density at radius 3 is 2.64 bits per heavy atom. The van der Waals surface area contributed by atoms with Gasteiger partial charge in [0.2, 0.25) is 10.0 Å². The number of nitrogens with one attached hydrogen (secondary N) is 1. The van der Waals surface area contributed by atoms with Crippen LogP contribution in [-0.4, -0.2) is 50.1 Å². The summed E-state index contributed by atoms with van der Waals surface area (Å²) in [5.74, 6) is 0.244. The molecule has 1 aromatic rings. The molecule has 0 aromatic heterocycles. The van der Waals surface area contributed by atoms with Crippen LogP contribution in [0.25, 0.3) is 0 Å². The monoisotopic (exact) mass is 408 g/mol. The predicted octanol–water partition coefficient (Wildman–Crippen LogP) is 2.69. The summed E-state index contributed by atoms with van der Waals surface area (Å²) >= 11 is 11.8. The van der Waals surface area contributed by atoms with Crippen LogP contribution < -0.4 is 10.1 Å². The Morgan fingerprint density at radius 2 is 2.00 bits per heavy atom. The first-order valence-corrected chi connectivity index (χ1v) is 10.5. The molecule has 1 fully saturated rings. The Balaban J connectivity index is 1.78. The van der Waals surface area contributed by atoms with Crippen molar-refractivity contribution in [3.8, 4) is 5.75 Å². The van der Waals surface area contributed by atoms with Crippen molar-refractivity contribution in [1.82, 2.24) is 9.62 Å².